The van der Waals surface area contributed by atoms with E-state index in [1.54, 1.807) is 0 Å². The van der Waals surface area contributed by atoms with Crippen LogP contribution in [-0.2, 0) is 4.79 Å². The summed E-state index contributed by atoms with van der Waals surface area (Å²) in [5.74, 6) is -1.36. The summed E-state index contributed by atoms with van der Waals surface area (Å²) >= 11 is 0. The van der Waals surface area contributed by atoms with Crippen LogP contribution in [-0.4, -0.2) is 40.4 Å². The van der Waals surface area contributed by atoms with Crippen LogP contribution in [0.5, 0.6) is 0 Å². The Balaban J connectivity index is 2.29. The van der Waals surface area contributed by atoms with E-state index in [0.717, 1.165) is 13.3 Å². The summed E-state index contributed by atoms with van der Waals surface area (Å²) in [7, 11) is 0. The maximum absolute atomic E-state index is 11.3. The SMILES string of the molecule is CC(O)(CNC(=O)NC1CC1(C)C)C(=O)O. The van der Waals surface area contributed by atoms with Crippen LogP contribution in [0.15, 0.2) is 0 Å². The van der Waals surface area contributed by atoms with Crippen LogP contribution in [0.25, 0.3) is 0 Å². The van der Waals surface area contributed by atoms with Gasteiger partial charge in [0.1, 0.15) is 0 Å². The highest BCUT2D eigenvalue weighted by Gasteiger charge is 2.46. The molecule has 2 amide bonds. The van der Waals surface area contributed by atoms with Gasteiger partial charge in [-0.1, -0.05) is 13.8 Å². The van der Waals surface area contributed by atoms with Crippen LogP contribution < -0.4 is 10.6 Å². The zero-order valence-corrected chi connectivity index (χ0v) is 9.70. The van der Waals surface area contributed by atoms with Gasteiger partial charge in [-0.2, -0.15) is 0 Å². The van der Waals surface area contributed by atoms with E-state index < -0.39 is 17.6 Å². The zero-order valence-electron chi connectivity index (χ0n) is 9.70. The molecule has 0 heterocycles. The van der Waals surface area contributed by atoms with E-state index in [-0.39, 0.29) is 18.0 Å². The molecule has 6 heteroatoms. The van der Waals surface area contributed by atoms with Crippen molar-refractivity contribution in [3.63, 3.8) is 0 Å². The Labute approximate surface area is 94.0 Å². The lowest BCUT2D eigenvalue weighted by Gasteiger charge is -2.18. The number of amides is 2. The summed E-state index contributed by atoms with van der Waals surface area (Å²) in [5, 5.41) is 23.0. The average Bonchev–Trinajstić information content (AvgIpc) is 2.70. The van der Waals surface area contributed by atoms with Crippen molar-refractivity contribution < 1.29 is 19.8 Å². The molecule has 0 aliphatic heterocycles. The van der Waals surface area contributed by atoms with Gasteiger partial charge >= 0.3 is 12.0 Å². The fraction of sp³-hybridized carbons (Fsp3) is 0.800. The zero-order chi connectivity index (χ0) is 12.6. The van der Waals surface area contributed by atoms with Gasteiger partial charge in [0, 0.05) is 6.04 Å². The van der Waals surface area contributed by atoms with E-state index in [0.29, 0.717) is 0 Å². The van der Waals surface area contributed by atoms with Gasteiger partial charge in [-0.3, -0.25) is 0 Å². The first-order valence-electron chi connectivity index (χ1n) is 5.15. The first-order valence-corrected chi connectivity index (χ1v) is 5.15. The number of nitrogens with one attached hydrogen (secondary N) is 2. The Morgan fingerprint density at radius 2 is 2.00 bits per heavy atom. The van der Waals surface area contributed by atoms with E-state index >= 15 is 0 Å². The van der Waals surface area contributed by atoms with Gasteiger partial charge < -0.3 is 20.8 Å². The molecule has 0 bridgehead atoms. The standard InChI is InChI=1S/C10H18N2O4/c1-9(2)4-6(9)12-8(15)11-5-10(3,16)7(13)14/h6,16H,4-5H2,1-3H3,(H,13,14)(H2,11,12,15). The molecule has 0 saturated heterocycles. The minimum Gasteiger partial charge on any atom is -0.479 e. The minimum absolute atomic E-state index is 0.118. The van der Waals surface area contributed by atoms with Crippen molar-refractivity contribution in [1.82, 2.24) is 10.6 Å². The summed E-state index contributed by atoms with van der Waals surface area (Å²) in [6.45, 7) is 4.88. The number of carbonyl (C=O) groups is 2. The van der Waals surface area contributed by atoms with Crippen molar-refractivity contribution in [1.29, 1.82) is 0 Å². The third-order valence-electron chi connectivity index (χ3n) is 2.87. The number of urea groups is 1. The molecular weight excluding hydrogens is 212 g/mol. The summed E-state index contributed by atoms with van der Waals surface area (Å²) in [6.07, 6.45) is 0.912. The summed E-state index contributed by atoms with van der Waals surface area (Å²) in [4.78, 5) is 21.9. The molecule has 0 radical (unpaired) electrons. The molecule has 1 aliphatic carbocycles. The second kappa shape index (κ2) is 3.93. The summed E-state index contributed by atoms with van der Waals surface area (Å²) in [5.41, 5.74) is -1.82. The van der Waals surface area contributed by atoms with E-state index in [2.05, 4.69) is 10.6 Å². The molecule has 0 aromatic heterocycles. The van der Waals surface area contributed by atoms with Crippen LogP contribution in [0.2, 0.25) is 0 Å². The monoisotopic (exact) mass is 230 g/mol. The number of carboxylic acids is 1. The van der Waals surface area contributed by atoms with Gasteiger partial charge in [-0.25, -0.2) is 9.59 Å². The molecule has 16 heavy (non-hydrogen) atoms. The lowest BCUT2D eigenvalue weighted by molar-refractivity contribution is -0.155. The number of aliphatic hydroxyl groups is 1. The molecule has 2 unspecified atom stereocenters. The van der Waals surface area contributed by atoms with Gasteiger partial charge in [0.2, 0.25) is 0 Å². The minimum atomic E-state index is -1.93. The molecular formula is C10H18N2O4. The molecule has 0 spiro atoms. The topological polar surface area (TPSA) is 98.7 Å². The lowest BCUT2D eigenvalue weighted by Crippen LogP contribution is -2.49. The summed E-state index contributed by atoms with van der Waals surface area (Å²) in [6, 6.07) is -0.320. The number of hydrogen-bond donors (Lipinski definition) is 4. The van der Waals surface area contributed by atoms with Crippen molar-refractivity contribution in [3.8, 4) is 0 Å². The van der Waals surface area contributed by atoms with Crippen LogP contribution in [0.4, 0.5) is 4.79 Å². The smallest absolute Gasteiger partial charge is 0.337 e. The van der Waals surface area contributed by atoms with Crippen molar-refractivity contribution in [3.05, 3.63) is 0 Å². The predicted molar refractivity (Wildman–Crippen MR) is 57.0 cm³/mol. The van der Waals surface area contributed by atoms with E-state index in [9.17, 15) is 14.7 Å². The molecule has 4 N–H and O–H groups in total. The molecule has 0 aromatic rings. The molecule has 92 valence electrons. The van der Waals surface area contributed by atoms with Gasteiger partial charge in [-0.05, 0) is 18.8 Å². The molecule has 1 rings (SSSR count). The van der Waals surface area contributed by atoms with E-state index in [4.69, 9.17) is 5.11 Å². The molecule has 6 nitrogen and oxygen atoms in total. The number of hydrogen-bond acceptors (Lipinski definition) is 3. The Bertz CT molecular complexity index is 312. The van der Waals surface area contributed by atoms with Crippen LogP contribution in [0, 0.1) is 5.41 Å². The maximum atomic E-state index is 11.3. The third-order valence-corrected chi connectivity index (χ3v) is 2.87. The Kier molecular flexibility index (Phi) is 3.14. The lowest BCUT2D eigenvalue weighted by atomic mass is 10.1. The van der Waals surface area contributed by atoms with Crippen molar-refractivity contribution >= 4 is 12.0 Å². The normalized spacial score (nSPS) is 25.4. The largest absolute Gasteiger partial charge is 0.479 e. The molecule has 0 aromatic carbocycles. The Morgan fingerprint density at radius 3 is 2.38 bits per heavy atom. The number of aliphatic carboxylic acids is 1. The fourth-order valence-corrected chi connectivity index (χ4v) is 1.25. The molecule has 1 fully saturated rings. The van der Waals surface area contributed by atoms with E-state index in [1.165, 1.54) is 0 Å². The van der Waals surface area contributed by atoms with Crippen molar-refractivity contribution in [2.75, 3.05) is 6.54 Å². The highest BCUT2D eigenvalue weighted by Crippen LogP contribution is 2.44. The first kappa shape index (κ1) is 12.8. The fourth-order valence-electron chi connectivity index (χ4n) is 1.25. The number of carboxylic acid groups (broad SMARTS) is 1. The van der Waals surface area contributed by atoms with Crippen molar-refractivity contribution in [2.24, 2.45) is 5.41 Å². The molecule has 1 aliphatic rings. The maximum Gasteiger partial charge on any atom is 0.337 e. The predicted octanol–water partition coefficient (Wildman–Crippen LogP) is -0.0803. The number of rotatable bonds is 4. The van der Waals surface area contributed by atoms with Crippen LogP contribution in [0.3, 0.4) is 0 Å². The summed E-state index contributed by atoms with van der Waals surface area (Å²) < 4.78 is 0. The van der Waals surface area contributed by atoms with Gasteiger partial charge in [-0.15, -0.1) is 0 Å². The Morgan fingerprint density at radius 1 is 1.50 bits per heavy atom. The molecule has 1 saturated carbocycles. The average molecular weight is 230 g/mol. The van der Waals surface area contributed by atoms with Crippen molar-refractivity contribution in [2.45, 2.75) is 38.8 Å². The van der Waals surface area contributed by atoms with Crippen LogP contribution in [0.1, 0.15) is 27.2 Å². The van der Waals surface area contributed by atoms with Gasteiger partial charge in [0.15, 0.2) is 5.60 Å². The molecule has 2 atom stereocenters. The third kappa shape index (κ3) is 3.10. The first-order chi connectivity index (χ1) is 7.15. The Hall–Kier alpha value is -1.30. The number of carbonyl (C=O) groups excluding carboxylic acids is 1. The highest BCUT2D eigenvalue weighted by atomic mass is 16.4. The van der Waals surface area contributed by atoms with Gasteiger partial charge in [0.25, 0.3) is 0 Å². The second-order valence-electron chi connectivity index (χ2n) is 5.15. The van der Waals surface area contributed by atoms with Crippen LogP contribution >= 0.6 is 0 Å². The van der Waals surface area contributed by atoms with E-state index in [1.807, 2.05) is 13.8 Å². The highest BCUT2D eigenvalue weighted by molar-refractivity contribution is 5.79. The second-order valence-corrected chi connectivity index (χ2v) is 5.15. The quantitative estimate of drug-likeness (QED) is 0.543. The van der Waals surface area contributed by atoms with Gasteiger partial charge in [0.05, 0.1) is 6.54 Å².